The molecule has 0 amide bonds. The van der Waals surface area contributed by atoms with Crippen molar-refractivity contribution in [3.63, 3.8) is 0 Å². The quantitative estimate of drug-likeness (QED) is 0.686. The van der Waals surface area contributed by atoms with Gasteiger partial charge < -0.3 is 14.0 Å². The van der Waals surface area contributed by atoms with Crippen LogP contribution in [0.4, 0.5) is 0 Å². The van der Waals surface area contributed by atoms with E-state index >= 15 is 0 Å². The van der Waals surface area contributed by atoms with Crippen LogP contribution < -0.4 is 5.59 Å². The smallest absolute Gasteiger partial charge is 0.427 e. The first-order chi connectivity index (χ1) is 7.62. The van der Waals surface area contributed by atoms with Gasteiger partial charge >= 0.3 is 6.75 Å². The van der Waals surface area contributed by atoms with E-state index in [0.717, 1.165) is 0 Å². The molecule has 4 nitrogen and oxygen atoms in total. The first-order valence-electron chi connectivity index (χ1n) is 5.29. The Bertz CT molecular complexity index is 387. The molecule has 0 aliphatic carbocycles. The zero-order valence-electron chi connectivity index (χ0n) is 8.98. The fourth-order valence-corrected chi connectivity index (χ4v) is 2.17. The van der Waals surface area contributed by atoms with Crippen LogP contribution in [0.1, 0.15) is 6.92 Å². The molecule has 6 heteroatoms. The van der Waals surface area contributed by atoms with Gasteiger partial charge in [-0.2, -0.15) is 0 Å². The first-order valence-corrected chi connectivity index (χ1v) is 5.67. The molecule has 0 saturated carbocycles. The third-order valence-electron chi connectivity index (χ3n) is 3.07. The van der Waals surface area contributed by atoms with Crippen LogP contribution in [-0.2, 0) is 14.0 Å². The first kappa shape index (κ1) is 10.5. The van der Waals surface area contributed by atoms with Gasteiger partial charge in [-0.25, -0.2) is 0 Å². The van der Waals surface area contributed by atoms with E-state index in [-0.39, 0.29) is 5.41 Å². The Hall–Kier alpha value is -0.615. The zero-order valence-corrected chi connectivity index (χ0v) is 9.74. The molecule has 3 fully saturated rings. The van der Waals surface area contributed by atoms with Crippen molar-refractivity contribution in [2.45, 2.75) is 6.92 Å². The summed E-state index contributed by atoms with van der Waals surface area (Å²) in [6.45, 7) is 2.20. The average molecular weight is 240 g/mol. The molecule has 16 heavy (non-hydrogen) atoms. The van der Waals surface area contributed by atoms with Crippen LogP contribution in [0, 0.1) is 5.41 Å². The van der Waals surface area contributed by atoms with E-state index in [2.05, 4.69) is 11.9 Å². The third kappa shape index (κ3) is 1.55. The number of pyridine rings is 1. The van der Waals surface area contributed by atoms with E-state index in [9.17, 15) is 0 Å². The highest BCUT2D eigenvalue weighted by Gasteiger charge is 2.47. The molecule has 4 rings (SSSR count). The standard InChI is InChI=1S/C10H12BClNO3/c1-10-5-14-11(15-6-10,16-7-10)9-3-2-8(12)4-13-9/h2-4H,5-7H2,1H3/q-1. The monoisotopic (exact) mass is 240 g/mol. The van der Waals surface area contributed by atoms with Crippen LogP contribution in [0.25, 0.3) is 0 Å². The van der Waals surface area contributed by atoms with Gasteiger partial charge in [-0.1, -0.05) is 24.6 Å². The molecule has 4 heterocycles. The van der Waals surface area contributed by atoms with Crippen molar-refractivity contribution in [1.29, 1.82) is 0 Å². The highest BCUT2D eigenvalue weighted by Crippen LogP contribution is 2.34. The summed E-state index contributed by atoms with van der Waals surface area (Å²) in [6.07, 6.45) is 1.58. The van der Waals surface area contributed by atoms with Crippen LogP contribution in [0.5, 0.6) is 0 Å². The Balaban J connectivity index is 1.92. The average Bonchev–Trinajstić information content (AvgIpc) is 2.31. The predicted molar refractivity (Wildman–Crippen MR) is 60.6 cm³/mol. The second kappa shape index (κ2) is 3.44. The lowest BCUT2D eigenvalue weighted by atomic mass is 9.67. The van der Waals surface area contributed by atoms with Gasteiger partial charge in [0.15, 0.2) is 0 Å². The molecule has 1 aromatic heterocycles. The summed E-state index contributed by atoms with van der Waals surface area (Å²) in [5, 5.41) is 0.590. The van der Waals surface area contributed by atoms with Gasteiger partial charge in [0.2, 0.25) is 0 Å². The van der Waals surface area contributed by atoms with Crippen molar-refractivity contribution >= 4 is 23.9 Å². The maximum Gasteiger partial charge on any atom is 0.427 e. The molecule has 0 unspecified atom stereocenters. The summed E-state index contributed by atoms with van der Waals surface area (Å²) in [7, 11) is 0. The number of nitrogens with zero attached hydrogens (tertiary/aromatic N) is 1. The number of rotatable bonds is 1. The maximum absolute atomic E-state index is 5.79. The molecule has 0 aromatic carbocycles. The maximum atomic E-state index is 5.79. The Morgan fingerprint density at radius 2 is 1.88 bits per heavy atom. The fourth-order valence-electron chi connectivity index (χ4n) is 2.05. The van der Waals surface area contributed by atoms with Crippen molar-refractivity contribution in [2.24, 2.45) is 5.41 Å². The minimum Gasteiger partial charge on any atom is -0.539 e. The Kier molecular flexibility index (Phi) is 2.26. The van der Waals surface area contributed by atoms with E-state index in [1.807, 2.05) is 0 Å². The summed E-state index contributed by atoms with van der Waals surface area (Å²) in [5.74, 6) is 0. The normalized spacial score (nSPS) is 37.6. The topological polar surface area (TPSA) is 40.6 Å². The Morgan fingerprint density at radius 3 is 2.38 bits per heavy atom. The largest absolute Gasteiger partial charge is 0.539 e. The Morgan fingerprint density at radius 1 is 1.25 bits per heavy atom. The van der Waals surface area contributed by atoms with Gasteiger partial charge in [0.25, 0.3) is 0 Å². The molecule has 2 bridgehead atoms. The zero-order chi connectivity index (χ0) is 11.2. The number of hydrogen-bond donors (Lipinski definition) is 0. The van der Waals surface area contributed by atoms with Crippen LogP contribution in [-0.4, -0.2) is 31.6 Å². The van der Waals surface area contributed by atoms with E-state index in [1.54, 1.807) is 18.3 Å². The van der Waals surface area contributed by atoms with Crippen LogP contribution in [0.3, 0.4) is 0 Å². The van der Waals surface area contributed by atoms with Crippen LogP contribution in [0.2, 0.25) is 5.02 Å². The molecule has 0 atom stereocenters. The Labute approximate surface area is 98.9 Å². The molecule has 86 valence electrons. The fraction of sp³-hybridized carbons (Fsp3) is 0.500. The highest BCUT2D eigenvalue weighted by molar-refractivity contribution is 6.75. The lowest BCUT2D eigenvalue weighted by Crippen LogP contribution is -2.69. The summed E-state index contributed by atoms with van der Waals surface area (Å²) in [6, 6.07) is 3.55. The van der Waals surface area contributed by atoms with Gasteiger partial charge in [0, 0.05) is 31.4 Å². The lowest BCUT2D eigenvalue weighted by molar-refractivity contribution is -0.119. The molecular weight excluding hydrogens is 228 g/mol. The van der Waals surface area contributed by atoms with E-state index in [1.165, 1.54) is 0 Å². The van der Waals surface area contributed by atoms with Gasteiger partial charge in [-0.15, -0.1) is 0 Å². The van der Waals surface area contributed by atoms with Crippen LogP contribution >= 0.6 is 11.6 Å². The van der Waals surface area contributed by atoms with Crippen molar-refractivity contribution in [3.05, 3.63) is 23.4 Å². The van der Waals surface area contributed by atoms with Gasteiger partial charge in [-0.3, -0.25) is 4.98 Å². The molecule has 0 spiro atoms. The number of hydrogen-bond acceptors (Lipinski definition) is 4. The van der Waals surface area contributed by atoms with E-state index in [4.69, 9.17) is 25.6 Å². The van der Waals surface area contributed by atoms with Gasteiger partial charge in [-0.05, 0) is 11.7 Å². The van der Waals surface area contributed by atoms with Gasteiger partial charge in [0.05, 0.1) is 5.02 Å². The molecule has 3 aliphatic rings. The second-order valence-corrected chi connectivity index (χ2v) is 5.22. The molecule has 3 saturated heterocycles. The van der Waals surface area contributed by atoms with E-state index < -0.39 is 6.75 Å². The second-order valence-electron chi connectivity index (χ2n) is 4.79. The summed E-state index contributed by atoms with van der Waals surface area (Å²) < 4.78 is 17.1. The number of aromatic nitrogens is 1. The minimum atomic E-state index is -1.84. The molecule has 0 radical (unpaired) electrons. The van der Waals surface area contributed by atoms with Crippen molar-refractivity contribution in [3.8, 4) is 0 Å². The summed E-state index contributed by atoms with van der Waals surface area (Å²) >= 11 is 5.79. The van der Waals surface area contributed by atoms with Gasteiger partial charge in [0.1, 0.15) is 0 Å². The summed E-state index contributed by atoms with van der Waals surface area (Å²) in [4.78, 5) is 4.21. The van der Waals surface area contributed by atoms with Crippen LogP contribution in [0.15, 0.2) is 18.3 Å². The lowest BCUT2D eigenvalue weighted by Gasteiger charge is -2.57. The number of halogens is 1. The van der Waals surface area contributed by atoms with Crippen molar-refractivity contribution < 1.29 is 14.0 Å². The SMILES string of the molecule is CC12CO[B-](c3ccc(Cl)cn3)(OC1)OC2. The molecule has 3 aliphatic heterocycles. The van der Waals surface area contributed by atoms with E-state index in [0.29, 0.717) is 30.4 Å². The van der Waals surface area contributed by atoms with Crippen molar-refractivity contribution in [2.75, 3.05) is 19.8 Å². The third-order valence-corrected chi connectivity index (χ3v) is 3.29. The summed E-state index contributed by atoms with van der Waals surface area (Å²) in [5.41, 5.74) is 0.654. The minimum absolute atomic E-state index is 0.0179. The highest BCUT2D eigenvalue weighted by atomic mass is 35.5. The number of fused-ring (bicyclic) bond motifs is 3. The van der Waals surface area contributed by atoms with Crippen molar-refractivity contribution in [1.82, 2.24) is 4.98 Å². The molecule has 0 N–H and O–H groups in total. The molecular formula is C10H12BClNO3-. The predicted octanol–water partition coefficient (Wildman–Crippen LogP) is 0.964. The molecule has 1 aromatic rings.